The molecule has 0 aliphatic rings. The van der Waals surface area contributed by atoms with E-state index in [0.29, 0.717) is 0 Å². The first-order valence-corrected chi connectivity index (χ1v) is 8.20. The summed E-state index contributed by atoms with van der Waals surface area (Å²) in [5.74, 6) is 0. The number of benzene rings is 2. The highest BCUT2D eigenvalue weighted by Gasteiger charge is 2.22. The van der Waals surface area contributed by atoms with E-state index in [4.69, 9.17) is 5.73 Å². The van der Waals surface area contributed by atoms with E-state index >= 15 is 0 Å². The van der Waals surface area contributed by atoms with Crippen molar-refractivity contribution in [3.63, 3.8) is 0 Å². The van der Waals surface area contributed by atoms with Gasteiger partial charge in [-0.1, -0.05) is 40.2 Å². The maximum atomic E-state index is 12.5. The summed E-state index contributed by atoms with van der Waals surface area (Å²) < 4.78 is 27.2. The first-order chi connectivity index (χ1) is 9.41. The van der Waals surface area contributed by atoms with Crippen molar-refractivity contribution >= 4 is 31.6 Å². The van der Waals surface area contributed by atoms with Crippen molar-refractivity contribution in [3.05, 3.63) is 58.6 Å². The summed E-state index contributed by atoms with van der Waals surface area (Å²) in [5.41, 5.74) is 6.91. The van der Waals surface area contributed by atoms with Gasteiger partial charge < -0.3 is 5.73 Å². The highest BCUT2D eigenvalue weighted by atomic mass is 79.9. The van der Waals surface area contributed by atoms with E-state index in [1.807, 2.05) is 24.3 Å². The van der Waals surface area contributed by atoms with E-state index in [1.54, 1.807) is 25.2 Å². The van der Waals surface area contributed by atoms with Crippen molar-refractivity contribution in [1.29, 1.82) is 0 Å². The van der Waals surface area contributed by atoms with Gasteiger partial charge in [-0.2, -0.15) is 4.31 Å². The molecule has 2 aromatic carbocycles. The summed E-state index contributed by atoms with van der Waals surface area (Å²) in [6.45, 7) is 0.288. The van der Waals surface area contributed by atoms with Gasteiger partial charge in [-0.15, -0.1) is 0 Å². The van der Waals surface area contributed by atoms with Gasteiger partial charge in [0, 0.05) is 18.1 Å². The normalized spacial score (nSPS) is 11.8. The summed E-state index contributed by atoms with van der Waals surface area (Å²) in [4.78, 5) is 0.137. The number of para-hydroxylation sites is 1. The molecule has 0 radical (unpaired) electrons. The van der Waals surface area contributed by atoms with Crippen molar-refractivity contribution in [2.75, 3.05) is 12.8 Å². The lowest BCUT2D eigenvalue weighted by molar-refractivity contribution is 0.467. The van der Waals surface area contributed by atoms with Crippen LogP contribution in [-0.4, -0.2) is 19.8 Å². The summed E-state index contributed by atoms with van der Waals surface area (Å²) in [6.07, 6.45) is 0. The molecule has 106 valence electrons. The molecule has 0 saturated heterocycles. The van der Waals surface area contributed by atoms with E-state index in [2.05, 4.69) is 15.9 Å². The highest BCUT2D eigenvalue weighted by Crippen LogP contribution is 2.22. The number of nitrogen functional groups attached to an aromatic ring is 1. The molecule has 0 aliphatic heterocycles. The lowest BCUT2D eigenvalue weighted by Gasteiger charge is -2.18. The van der Waals surface area contributed by atoms with Crippen molar-refractivity contribution < 1.29 is 8.42 Å². The number of halogens is 1. The SMILES string of the molecule is CN(Cc1cccc(Br)c1)S(=O)(=O)c1ccccc1N. The summed E-state index contributed by atoms with van der Waals surface area (Å²) in [7, 11) is -2.04. The van der Waals surface area contributed by atoms with Crippen LogP contribution in [0.3, 0.4) is 0 Å². The Hall–Kier alpha value is -1.37. The quantitative estimate of drug-likeness (QED) is 0.858. The number of rotatable bonds is 4. The lowest BCUT2D eigenvalue weighted by Crippen LogP contribution is -2.27. The molecule has 4 nitrogen and oxygen atoms in total. The predicted molar refractivity (Wildman–Crippen MR) is 83.6 cm³/mol. The molecule has 0 spiro atoms. The maximum absolute atomic E-state index is 12.5. The molecule has 20 heavy (non-hydrogen) atoms. The van der Waals surface area contributed by atoms with E-state index < -0.39 is 10.0 Å². The number of nitrogens with two attached hydrogens (primary N) is 1. The van der Waals surface area contributed by atoms with Gasteiger partial charge >= 0.3 is 0 Å². The molecule has 2 N–H and O–H groups in total. The molecule has 0 bridgehead atoms. The fourth-order valence-corrected chi connectivity index (χ4v) is 3.58. The lowest BCUT2D eigenvalue weighted by atomic mass is 10.2. The molecule has 0 atom stereocenters. The third kappa shape index (κ3) is 3.20. The number of hydrogen-bond acceptors (Lipinski definition) is 3. The fraction of sp³-hybridized carbons (Fsp3) is 0.143. The first kappa shape index (κ1) is 15.0. The zero-order valence-electron chi connectivity index (χ0n) is 11.0. The van der Waals surface area contributed by atoms with Gasteiger partial charge in [-0.25, -0.2) is 8.42 Å². The Labute approximate surface area is 127 Å². The minimum atomic E-state index is -3.59. The van der Waals surface area contributed by atoms with Gasteiger partial charge in [0.2, 0.25) is 10.0 Å². The van der Waals surface area contributed by atoms with E-state index in [9.17, 15) is 8.42 Å². The number of nitrogens with zero attached hydrogens (tertiary/aromatic N) is 1. The Bertz CT molecular complexity index is 717. The van der Waals surface area contributed by atoms with Gasteiger partial charge in [0.25, 0.3) is 0 Å². The van der Waals surface area contributed by atoms with Gasteiger partial charge in [-0.05, 0) is 29.8 Å². The summed E-state index contributed by atoms with van der Waals surface area (Å²) >= 11 is 3.37. The Morgan fingerprint density at radius 3 is 2.50 bits per heavy atom. The third-order valence-electron chi connectivity index (χ3n) is 2.90. The molecular weight excluding hydrogens is 340 g/mol. The highest BCUT2D eigenvalue weighted by molar-refractivity contribution is 9.10. The molecule has 0 saturated carbocycles. The van der Waals surface area contributed by atoms with Crippen LogP contribution < -0.4 is 5.73 Å². The summed E-state index contributed by atoms with van der Waals surface area (Å²) in [5, 5.41) is 0. The van der Waals surface area contributed by atoms with Crippen LogP contribution in [-0.2, 0) is 16.6 Å². The summed E-state index contributed by atoms with van der Waals surface area (Å²) in [6, 6.07) is 14.0. The second kappa shape index (κ2) is 5.95. The van der Waals surface area contributed by atoms with Gasteiger partial charge in [0.1, 0.15) is 4.90 Å². The topological polar surface area (TPSA) is 63.4 Å². The standard InChI is InChI=1S/C14H15BrN2O2S/c1-17(10-11-5-4-6-12(15)9-11)20(18,19)14-8-3-2-7-13(14)16/h2-9H,10,16H2,1H3. The van der Waals surface area contributed by atoms with Gasteiger partial charge in [0.05, 0.1) is 5.69 Å². The molecule has 0 unspecified atom stereocenters. The van der Waals surface area contributed by atoms with Crippen molar-refractivity contribution in [3.8, 4) is 0 Å². The maximum Gasteiger partial charge on any atom is 0.245 e. The third-order valence-corrected chi connectivity index (χ3v) is 5.27. The predicted octanol–water partition coefficient (Wildman–Crippen LogP) is 2.85. The van der Waals surface area contributed by atoms with Crippen LogP contribution in [0.2, 0.25) is 0 Å². The molecule has 2 aromatic rings. The largest absolute Gasteiger partial charge is 0.398 e. The molecule has 0 fully saturated rings. The smallest absolute Gasteiger partial charge is 0.245 e. The van der Waals surface area contributed by atoms with Crippen molar-refractivity contribution in [1.82, 2.24) is 4.31 Å². The first-order valence-electron chi connectivity index (χ1n) is 5.96. The van der Waals surface area contributed by atoms with E-state index in [1.165, 1.54) is 10.4 Å². The Kier molecular flexibility index (Phi) is 4.47. The molecule has 0 heterocycles. The van der Waals surface area contributed by atoms with Crippen LogP contribution in [0.5, 0.6) is 0 Å². The average Bonchev–Trinajstić information content (AvgIpc) is 2.39. The van der Waals surface area contributed by atoms with Crippen molar-refractivity contribution in [2.24, 2.45) is 0 Å². The Morgan fingerprint density at radius 1 is 1.15 bits per heavy atom. The van der Waals surface area contributed by atoms with Crippen LogP contribution >= 0.6 is 15.9 Å². The van der Waals surface area contributed by atoms with Gasteiger partial charge in [0.15, 0.2) is 0 Å². The Balaban J connectivity index is 2.29. The van der Waals surface area contributed by atoms with Crippen LogP contribution in [0.1, 0.15) is 5.56 Å². The number of hydrogen-bond donors (Lipinski definition) is 1. The van der Waals surface area contributed by atoms with Crippen LogP contribution in [0.4, 0.5) is 5.69 Å². The molecule has 0 aromatic heterocycles. The fourth-order valence-electron chi connectivity index (χ4n) is 1.86. The van der Waals surface area contributed by atoms with Crippen molar-refractivity contribution in [2.45, 2.75) is 11.4 Å². The minimum absolute atomic E-state index is 0.137. The number of anilines is 1. The van der Waals surface area contributed by atoms with E-state index in [0.717, 1.165) is 10.0 Å². The van der Waals surface area contributed by atoms with Crippen LogP contribution in [0, 0.1) is 0 Å². The minimum Gasteiger partial charge on any atom is -0.398 e. The zero-order valence-corrected chi connectivity index (χ0v) is 13.4. The molecule has 2 rings (SSSR count). The van der Waals surface area contributed by atoms with Crippen LogP contribution in [0.25, 0.3) is 0 Å². The number of sulfonamides is 1. The molecule has 0 aliphatic carbocycles. The second-order valence-corrected chi connectivity index (χ2v) is 7.36. The Morgan fingerprint density at radius 2 is 1.85 bits per heavy atom. The van der Waals surface area contributed by atoms with Gasteiger partial charge in [-0.3, -0.25) is 0 Å². The average molecular weight is 355 g/mol. The molecular formula is C14H15BrN2O2S. The zero-order chi connectivity index (χ0) is 14.8. The molecule has 6 heteroatoms. The van der Waals surface area contributed by atoms with Crippen LogP contribution in [0.15, 0.2) is 57.9 Å². The molecule has 0 amide bonds. The monoisotopic (exact) mass is 354 g/mol. The second-order valence-electron chi connectivity index (χ2n) is 4.43. The van der Waals surface area contributed by atoms with E-state index in [-0.39, 0.29) is 17.1 Å².